The average Bonchev–Trinajstić information content (AvgIpc) is 2.61. The first-order chi connectivity index (χ1) is 11.2. The number of aromatic nitrogens is 1. The number of carbonyl (C=O) groups excluding carboxylic acids is 1. The molecule has 3 rings (SSSR count). The molecule has 2 amide bonds. The Balaban J connectivity index is 2.02. The highest BCUT2D eigenvalue weighted by molar-refractivity contribution is 5.87. The van der Waals surface area contributed by atoms with Crippen LogP contribution in [0, 0.1) is 0 Å². The molecular formula is C14H15F3N4O3. The molecule has 0 aromatic carbocycles. The first-order valence-electron chi connectivity index (χ1n) is 7.24. The van der Waals surface area contributed by atoms with Crippen molar-refractivity contribution in [2.45, 2.75) is 18.8 Å². The lowest BCUT2D eigenvalue weighted by atomic mass is 10.1. The number of carbonyl (C=O) groups is 2. The number of hydrogen-bond donors (Lipinski definition) is 1. The second-order valence-corrected chi connectivity index (χ2v) is 5.84. The molecule has 0 unspecified atom stereocenters. The number of pyridine rings is 1. The molecule has 1 N–H and O–H groups in total. The summed E-state index contributed by atoms with van der Waals surface area (Å²) in [5, 5.41) is 9.11. The van der Waals surface area contributed by atoms with Gasteiger partial charge in [0.2, 0.25) is 5.91 Å². The summed E-state index contributed by atoms with van der Waals surface area (Å²) >= 11 is 0. The number of hydrogen-bond acceptors (Lipinski definition) is 4. The first kappa shape index (κ1) is 16.3. The summed E-state index contributed by atoms with van der Waals surface area (Å²) < 4.78 is 38.7. The van der Waals surface area contributed by atoms with Gasteiger partial charge < -0.3 is 19.8 Å². The molecule has 1 saturated heterocycles. The predicted octanol–water partition coefficient (Wildman–Crippen LogP) is 1.24. The molecule has 0 radical (unpaired) electrons. The van der Waals surface area contributed by atoms with Crippen molar-refractivity contribution in [2.75, 3.05) is 31.6 Å². The van der Waals surface area contributed by atoms with Gasteiger partial charge in [-0.3, -0.25) is 4.79 Å². The third kappa shape index (κ3) is 2.72. The minimum Gasteiger partial charge on any atom is -0.465 e. The number of piperazine rings is 1. The van der Waals surface area contributed by atoms with Crippen LogP contribution >= 0.6 is 0 Å². The highest BCUT2D eigenvalue weighted by Gasteiger charge is 2.41. The van der Waals surface area contributed by atoms with Crippen LogP contribution in [0.4, 0.5) is 23.8 Å². The molecule has 10 heteroatoms. The van der Waals surface area contributed by atoms with Crippen molar-refractivity contribution in [1.82, 2.24) is 14.8 Å². The Morgan fingerprint density at radius 1 is 1.38 bits per heavy atom. The fourth-order valence-electron chi connectivity index (χ4n) is 3.04. The lowest BCUT2D eigenvalue weighted by Crippen LogP contribution is -2.59. The van der Waals surface area contributed by atoms with E-state index in [0.29, 0.717) is 11.4 Å². The van der Waals surface area contributed by atoms with E-state index in [4.69, 9.17) is 5.11 Å². The van der Waals surface area contributed by atoms with Gasteiger partial charge in [-0.1, -0.05) is 0 Å². The highest BCUT2D eigenvalue weighted by Crippen LogP contribution is 2.34. The van der Waals surface area contributed by atoms with E-state index >= 15 is 0 Å². The van der Waals surface area contributed by atoms with Gasteiger partial charge in [0.15, 0.2) is 0 Å². The Bertz CT molecular complexity index is 694. The van der Waals surface area contributed by atoms with Crippen LogP contribution in [0.3, 0.4) is 0 Å². The predicted molar refractivity (Wildman–Crippen MR) is 76.4 cm³/mol. The number of halogens is 3. The van der Waals surface area contributed by atoms with Gasteiger partial charge in [-0.2, -0.15) is 13.2 Å². The molecule has 7 nitrogen and oxygen atoms in total. The summed E-state index contributed by atoms with van der Waals surface area (Å²) in [4.78, 5) is 31.6. The highest BCUT2D eigenvalue weighted by atomic mass is 19.4. The van der Waals surface area contributed by atoms with Gasteiger partial charge in [-0.05, 0) is 6.07 Å². The molecule has 1 fully saturated rings. The Kier molecular flexibility index (Phi) is 3.77. The lowest BCUT2D eigenvalue weighted by molar-refractivity contribution is -0.137. The Morgan fingerprint density at radius 2 is 2.08 bits per heavy atom. The zero-order valence-electron chi connectivity index (χ0n) is 12.7. The van der Waals surface area contributed by atoms with E-state index in [1.807, 2.05) is 0 Å². The number of fused-ring (bicyclic) bond motifs is 3. The van der Waals surface area contributed by atoms with Crippen molar-refractivity contribution in [2.24, 2.45) is 0 Å². The summed E-state index contributed by atoms with van der Waals surface area (Å²) in [7, 11) is 1.48. The molecule has 1 aromatic rings. The SMILES string of the molecule is CN1Cc2cc(C(F)(F)F)cnc2N2CCN(C(=O)O)C[C@@H]2C1=O. The number of nitrogens with zero attached hydrogens (tertiary/aromatic N) is 4. The molecule has 1 aromatic heterocycles. The summed E-state index contributed by atoms with van der Waals surface area (Å²) in [6.45, 7) is 0.304. The van der Waals surface area contributed by atoms with Crippen molar-refractivity contribution in [3.05, 3.63) is 23.4 Å². The quantitative estimate of drug-likeness (QED) is 0.766. The number of alkyl halides is 3. The van der Waals surface area contributed by atoms with E-state index in [0.717, 1.165) is 17.2 Å². The molecule has 0 aliphatic carbocycles. The van der Waals surface area contributed by atoms with Gasteiger partial charge in [-0.25, -0.2) is 9.78 Å². The van der Waals surface area contributed by atoms with Crippen LogP contribution < -0.4 is 4.90 Å². The molecule has 0 spiro atoms. The summed E-state index contributed by atoms with van der Waals surface area (Å²) in [6.07, 6.45) is -4.90. The van der Waals surface area contributed by atoms with Gasteiger partial charge in [0, 0.05) is 38.4 Å². The third-order valence-electron chi connectivity index (χ3n) is 4.26. The zero-order valence-corrected chi connectivity index (χ0v) is 12.7. The van der Waals surface area contributed by atoms with Gasteiger partial charge in [0.05, 0.1) is 12.1 Å². The fraction of sp³-hybridized carbons (Fsp3) is 0.500. The molecule has 1 atom stereocenters. The first-order valence-corrected chi connectivity index (χ1v) is 7.24. The molecule has 2 aliphatic rings. The van der Waals surface area contributed by atoms with Crippen LogP contribution in [0.1, 0.15) is 11.1 Å². The van der Waals surface area contributed by atoms with Gasteiger partial charge in [0.25, 0.3) is 0 Å². The third-order valence-corrected chi connectivity index (χ3v) is 4.26. The topological polar surface area (TPSA) is 77.0 Å². The Morgan fingerprint density at radius 3 is 2.71 bits per heavy atom. The minimum atomic E-state index is -4.52. The molecule has 2 aliphatic heterocycles. The molecule has 130 valence electrons. The van der Waals surface area contributed by atoms with Crippen molar-refractivity contribution in [3.8, 4) is 0 Å². The number of anilines is 1. The van der Waals surface area contributed by atoms with E-state index in [1.54, 1.807) is 4.90 Å². The van der Waals surface area contributed by atoms with Crippen LogP contribution in [0.25, 0.3) is 0 Å². The summed E-state index contributed by atoms with van der Waals surface area (Å²) in [5.74, 6) is -0.0387. The van der Waals surface area contributed by atoms with Crippen LogP contribution in [-0.2, 0) is 17.5 Å². The molecule has 24 heavy (non-hydrogen) atoms. The van der Waals surface area contributed by atoms with Gasteiger partial charge in [-0.15, -0.1) is 0 Å². The maximum absolute atomic E-state index is 12.9. The fourth-order valence-corrected chi connectivity index (χ4v) is 3.04. The number of rotatable bonds is 0. The number of likely N-dealkylation sites (N-methyl/N-ethyl adjacent to an activating group) is 1. The van der Waals surface area contributed by atoms with Crippen LogP contribution in [0.2, 0.25) is 0 Å². The minimum absolute atomic E-state index is 0.00877. The average molecular weight is 344 g/mol. The van der Waals surface area contributed by atoms with E-state index in [-0.39, 0.29) is 32.1 Å². The maximum Gasteiger partial charge on any atom is 0.417 e. The van der Waals surface area contributed by atoms with Crippen molar-refractivity contribution in [1.29, 1.82) is 0 Å². The Labute approximate surface area is 135 Å². The van der Waals surface area contributed by atoms with Crippen molar-refractivity contribution < 1.29 is 27.9 Å². The largest absolute Gasteiger partial charge is 0.465 e. The molecule has 3 heterocycles. The molecular weight excluding hydrogens is 329 g/mol. The summed E-state index contributed by atoms with van der Waals surface area (Å²) in [6, 6.07) is 0.211. The van der Waals surface area contributed by atoms with Crippen LogP contribution in [0.5, 0.6) is 0 Å². The molecule has 0 bridgehead atoms. The zero-order chi connectivity index (χ0) is 17.6. The smallest absolute Gasteiger partial charge is 0.417 e. The maximum atomic E-state index is 12.9. The van der Waals surface area contributed by atoms with Gasteiger partial charge >= 0.3 is 12.3 Å². The van der Waals surface area contributed by atoms with Crippen molar-refractivity contribution >= 4 is 17.8 Å². The van der Waals surface area contributed by atoms with Crippen LogP contribution in [-0.4, -0.2) is 64.6 Å². The van der Waals surface area contributed by atoms with E-state index in [2.05, 4.69) is 4.98 Å². The monoisotopic (exact) mass is 344 g/mol. The van der Waals surface area contributed by atoms with E-state index in [1.165, 1.54) is 11.9 Å². The Hall–Kier alpha value is -2.52. The van der Waals surface area contributed by atoms with Crippen molar-refractivity contribution in [3.63, 3.8) is 0 Å². The van der Waals surface area contributed by atoms with Crippen LogP contribution in [0.15, 0.2) is 12.3 Å². The summed E-state index contributed by atoms with van der Waals surface area (Å²) in [5.41, 5.74) is -0.573. The van der Waals surface area contributed by atoms with E-state index < -0.39 is 23.9 Å². The second-order valence-electron chi connectivity index (χ2n) is 5.84. The number of amides is 2. The second kappa shape index (κ2) is 5.53. The standard InChI is InChI=1S/C14H15F3N4O3/c1-19-6-8-4-9(14(15,16)17)5-18-11(8)21-3-2-20(13(23)24)7-10(21)12(19)22/h4-5,10H,2-3,6-7H2,1H3,(H,23,24)/t10-/m1/s1. The molecule has 0 saturated carbocycles. The normalized spacial score (nSPS) is 21.2. The number of carboxylic acid groups (broad SMARTS) is 1. The van der Waals surface area contributed by atoms with Gasteiger partial charge in [0.1, 0.15) is 11.9 Å². The lowest BCUT2D eigenvalue weighted by Gasteiger charge is -2.39. The van der Waals surface area contributed by atoms with E-state index in [9.17, 15) is 22.8 Å².